The van der Waals surface area contributed by atoms with Gasteiger partial charge in [-0.25, -0.2) is 4.39 Å². The Morgan fingerprint density at radius 1 is 0.923 bits per heavy atom. The van der Waals surface area contributed by atoms with Crippen molar-refractivity contribution in [3.05, 3.63) is 84.4 Å². The van der Waals surface area contributed by atoms with E-state index >= 15 is 0 Å². The van der Waals surface area contributed by atoms with Crippen molar-refractivity contribution in [2.24, 2.45) is 0 Å². The number of hydrazine groups is 1. The molecule has 0 spiro atoms. The number of carbonyl (C=O) groups is 2. The molecule has 7 heteroatoms. The van der Waals surface area contributed by atoms with E-state index in [1.165, 1.54) is 24.3 Å². The summed E-state index contributed by atoms with van der Waals surface area (Å²) in [6.45, 7) is -0.314. The second kappa shape index (κ2) is 7.98. The van der Waals surface area contributed by atoms with Gasteiger partial charge in [-0.15, -0.1) is 0 Å². The van der Waals surface area contributed by atoms with Crippen LogP contribution in [0.4, 0.5) is 4.39 Å². The Morgan fingerprint density at radius 3 is 2.35 bits per heavy atom. The Bertz CT molecular complexity index is 893. The highest BCUT2D eigenvalue weighted by molar-refractivity contribution is 5.98. The van der Waals surface area contributed by atoms with E-state index in [9.17, 15) is 14.0 Å². The minimum atomic E-state index is -0.541. The smallest absolute Gasteiger partial charge is 0.276 e. The SMILES string of the molecule is O=C(COc1ccc(F)cc1)NNC(=O)c1ccccc1-n1cccc1. The van der Waals surface area contributed by atoms with E-state index in [0.29, 0.717) is 17.0 Å². The van der Waals surface area contributed by atoms with E-state index in [-0.39, 0.29) is 6.61 Å². The number of hydrogen-bond acceptors (Lipinski definition) is 3. The zero-order valence-electron chi connectivity index (χ0n) is 13.7. The van der Waals surface area contributed by atoms with E-state index in [1.807, 2.05) is 30.6 Å². The maximum absolute atomic E-state index is 12.8. The first-order valence-electron chi connectivity index (χ1n) is 7.83. The number of nitrogens with zero attached hydrogens (tertiary/aromatic N) is 1. The second-order valence-electron chi connectivity index (χ2n) is 5.35. The van der Waals surface area contributed by atoms with Crippen LogP contribution in [0.3, 0.4) is 0 Å². The Balaban J connectivity index is 1.56. The monoisotopic (exact) mass is 353 g/mol. The third-order valence-corrected chi connectivity index (χ3v) is 3.53. The van der Waals surface area contributed by atoms with Gasteiger partial charge in [-0.2, -0.15) is 0 Å². The largest absolute Gasteiger partial charge is 0.484 e. The van der Waals surface area contributed by atoms with Crippen LogP contribution in [0.2, 0.25) is 0 Å². The summed E-state index contributed by atoms with van der Waals surface area (Å²) >= 11 is 0. The highest BCUT2D eigenvalue weighted by atomic mass is 19.1. The number of ether oxygens (including phenoxy) is 1. The van der Waals surface area contributed by atoms with Crippen molar-refractivity contribution in [2.45, 2.75) is 0 Å². The summed E-state index contributed by atoms with van der Waals surface area (Å²) in [6, 6.07) is 16.0. The number of amides is 2. The molecule has 0 saturated heterocycles. The lowest BCUT2D eigenvalue weighted by Gasteiger charge is -2.12. The summed E-state index contributed by atoms with van der Waals surface area (Å²) in [5.41, 5.74) is 5.74. The van der Waals surface area contributed by atoms with Crippen molar-refractivity contribution in [2.75, 3.05) is 6.61 Å². The molecule has 0 unspecified atom stereocenters. The van der Waals surface area contributed by atoms with Crippen LogP contribution in [0.15, 0.2) is 73.1 Å². The molecule has 0 aliphatic heterocycles. The molecule has 2 aromatic carbocycles. The molecule has 0 radical (unpaired) electrons. The molecular weight excluding hydrogens is 337 g/mol. The fourth-order valence-corrected chi connectivity index (χ4v) is 2.30. The zero-order valence-corrected chi connectivity index (χ0v) is 13.7. The predicted molar refractivity (Wildman–Crippen MR) is 93.3 cm³/mol. The molecule has 26 heavy (non-hydrogen) atoms. The van der Waals surface area contributed by atoms with E-state index < -0.39 is 17.6 Å². The maximum Gasteiger partial charge on any atom is 0.276 e. The molecule has 132 valence electrons. The first-order chi connectivity index (χ1) is 12.6. The first kappa shape index (κ1) is 17.2. The lowest BCUT2D eigenvalue weighted by atomic mass is 10.1. The third kappa shape index (κ3) is 4.27. The topological polar surface area (TPSA) is 72.4 Å². The van der Waals surface area contributed by atoms with E-state index in [0.717, 1.165) is 0 Å². The van der Waals surface area contributed by atoms with Crippen LogP contribution in [0.5, 0.6) is 5.75 Å². The van der Waals surface area contributed by atoms with Crippen molar-refractivity contribution < 1.29 is 18.7 Å². The number of rotatable bonds is 5. The molecule has 1 heterocycles. The Kier molecular flexibility index (Phi) is 5.28. The molecule has 3 aromatic rings. The molecule has 6 nitrogen and oxygen atoms in total. The van der Waals surface area contributed by atoms with Crippen LogP contribution >= 0.6 is 0 Å². The summed E-state index contributed by atoms with van der Waals surface area (Å²) in [6.07, 6.45) is 3.64. The third-order valence-electron chi connectivity index (χ3n) is 3.53. The Morgan fingerprint density at radius 2 is 1.62 bits per heavy atom. The van der Waals surface area contributed by atoms with Crippen LogP contribution < -0.4 is 15.6 Å². The molecule has 1 aromatic heterocycles. The predicted octanol–water partition coefficient (Wildman–Crippen LogP) is 2.46. The zero-order chi connectivity index (χ0) is 18.4. The highest BCUT2D eigenvalue weighted by Gasteiger charge is 2.13. The van der Waals surface area contributed by atoms with E-state index in [4.69, 9.17) is 4.74 Å². The lowest BCUT2D eigenvalue weighted by Crippen LogP contribution is -2.44. The molecule has 2 amide bonds. The second-order valence-corrected chi connectivity index (χ2v) is 5.35. The number of carbonyl (C=O) groups excluding carboxylic acids is 2. The minimum Gasteiger partial charge on any atom is -0.484 e. The van der Waals surface area contributed by atoms with Crippen molar-refractivity contribution in [3.63, 3.8) is 0 Å². The van der Waals surface area contributed by atoms with Gasteiger partial charge in [0.2, 0.25) is 0 Å². The number of hydrogen-bond donors (Lipinski definition) is 2. The van der Waals surface area contributed by atoms with Gasteiger partial charge >= 0.3 is 0 Å². The molecule has 0 bridgehead atoms. The maximum atomic E-state index is 12.8. The normalized spacial score (nSPS) is 10.2. The number of nitrogens with one attached hydrogen (secondary N) is 2. The van der Waals surface area contributed by atoms with Gasteiger partial charge in [0.25, 0.3) is 11.8 Å². The minimum absolute atomic E-state index is 0.314. The fraction of sp³-hybridized carbons (Fsp3) is 0.0526. The van der Waals surface area contributed by atoms with Crippen LogP contribution in [0, 0.1) is 5.82 Å². The highest BCUT2D eigenvalue weighted by Crippen LogP contribution is 2.14. The van der Waals surface area contributed by atoms with Crippen molar-refractivity contribution in [1.82, 2.24) is 15.4 Å². The van der Waals surface area contributed by atoms with Gasteiger partial charge < -0.3 is 9.30 Å². The summed E-state index contributed by atoms with van der Waals surface area (Å²) in [5.74, 6) is -1.04. The van der Waals surface area contributed by atoms with Crippen molar-refractivity contribution in [3.8, 4) is 11.4 Å². The van der Waals surface area contributed by atoms with Crippen LogP contribution in [0.1, 0.15) is 10.4 Å². The van der Waals surface area contributed by atoms with Crippen molar-refractivity contribution in [1.29, 1.82) is 0 Å². The Hall–Kier alpha value is -3.61. The molecule has 0 fully saturated rings. The van der Waals surface area contributed by atoms with Gasteiger partial charge in [-0.1, -0.05) is 12.1 Å². The van der Waals surface area contributed by atoms with Crippen LogP contribution in [0.25, 0.3) is 5.69 Å². The standard InChI is InChI=1S/C19H16FN3O3/c20-14-7-9-15(10-8-14)26-13-18(24)21-22-19(25)16-5-1-2-6-17(16)23-11-3-4-12-23/h1-12H,13H2,(H,21,24)(H,22,25). The summed E-state index contributed by atoms with van der Waals surface area (Å²) < 4.78 is 19.8. The Labute approximate surface area is 149 Å². The molecular formula is C19H16FN3O3. The van der Waals surface area contributed by atoms with Gasteiger partial charge in [0.05, 0.1) is 11.3 Å². The molecule has 3 rings (SSSR count). The molecule has 0 atom stereocenters. The van der Waals surface area contributed by atoms with Gasteiger partial charge in [-0.05, 0) is 48.5 Å². The van der Waals surface area contributed by atoms with Gasteiger partial charge in [0.15, 0.2) is 6.61 Å². The number of benzene rings is 2. The molecule has 0 aliphatic rings. The van der Waals surface area contributed by atoms with Gasteiger partial charge in [-0.3, -0.25) is 20.4 Å². The molecule has 0 saturated carbocycles. The quantitative estimate of drug-likeness (QED) is 0.692. The van der Waals surface area contributed by atoms with E-state index in [1.54, 1.807) is 22.8 Å². The summed E-state index contributed by atoms with van der Waals surface area (Å²) in [7, 11) is 0. The number of halogens is 1. The van der Waals surface area contributed by atoms with Crippen LogP contribution in [-0.4, -0.2) is 23.0 Å². The van der Waals surface area contributed by atoms with E-state index in [2.05, 4.69) is 10.9 Å². The number of aromatic nitrogens is 1. The van der Waals surface area contributed by atoms with Gasteiger partial charge in [0, 0.05) is 12.4 Å². The molecule has 2 N–H and O–H groups in total. The molecule has 0 aliphatic carbocycles. The first-order valence-corrected chi connectivity index (χ1v) is 7.83. The average Bonchev–Trinajstić information content (AvgIpc) is 3.20. The van der Waals surface area contributed by atoms with Crippen LogP contribution in [-0.2, 0) is 4.79 Å². The number of para-hydroxylation sites is 1. The van der Waals surface area contributed by atoms with Gasteiger partial charge in [0.1, 0.15) is 11.6 Å². The lowest BCUT2D eigenvalue weighted by molar-refractivity contribution is -0.123. The summed E-state index contributed by atoms with van der Waals surface area (Å²) in [4.78, 5) is 24.2. The summed E-state index contributed by atoms with van der Waals surface area (Å²) in [5, 5.41) is 0. The average molecular weight is 353 g/mol. The van der Waals surface area contributed by atoms with Crippen molar-refractivity contribution >= 4 is 11.8 Å². The fourth-order valence-electron chi connectivity index (χ4n) is 2.30.